The van der Waals surface area contributed by atoms with Gasteiger partial charge in [-0.2, -0.15) is 5.10 Å². The number of anilines is 1. The molecule has 1 heterocycles. The normalized spacial score (nSPS) is 14.1. The van der Waals surface area contributed by atoms with Crippen LogP contribution in [0.15, 0.2) is 12.3 Å². The molecular formula is C15H26N4O4. The van der Waals surface area contributed by atoms with Crippen molar-refractivity contribution in [2.45, 2.75) is 58.6 Å². The van der Waals surface area contributed by atoms with Gasteiger partial charge in [0.05, 0.1) is 12.2 Å². The van der Waals surface area contributed by atoms with E-state index < -0.39 is 24.1 Å². The number of nitrogens with zero attached hydrogens (tertiary/aromatic N) is 1. The monoisotopic (exact) mass is 326 g/mol. The molecular weight excluding hydrogens is 300 g/mol. The zero-order valence-corrected chi connectivity index (χ0v) is 13.8. The molecule has 8 heteroatoms. The molecule has 5 N–H and O–H groups in total. The fraction of sp³-hybridized carbons (Fsp3) is 0.667. The molecule has 0 aliphatic carbocycles. The summed E-state index contributed by atoms with van der Waals surface area (Å²) in [6, 6.07) is 0.684. The van der Waals surface area contributed by atoms with Crippen LogP contribution in [0.5, 0.6) is 0 Å². The predicted molar refractivity (Wildman–Crippen MR) is 86.1 cm³/mol. The first-order chi connectivity index (χ1) is 10.7. The number of hydrogen-bond donors (Lipinski definition) is 5. The van der Waals surface area contributed by atoms with Crippen molar-refractivity contribution in [3.8, 4) is 0 Å². The molecule has 0 spiro atoms. The Morgan fingerprint density at radius 1 is 1.35 bits per heavy atom. The molecule has 130 valence electrons. The number of unbranched alkanes of at least 4 members (excludes halogenated alkanes) is 1. The number of amides is 2. The Bertz CT molecular complexity index is 496. The summed E-state index contributed by atoms with van der Waals surface area (Å²) < 4.78 is 0. The minimum absolute atomic E-state index is 0.201. The second kappa shape index (κ2) is 8.52. The van der Waals surface area contributed by atoms with Gasteiger partial charge in [-0.05, 0) is 18.3 Å². The number of aromatic nitrogens is 2. The van der Waals surface area contributed by atoms with Gasteiger partial charge in [0.1, 0.15) is 5.82 Å². The summed E-state index contributed by atoms with van der Waals surface area (Å²) in [4.78, 5) is 22.9. The van der Waals surface area contributed by atoms with Gasteiger partial charge in [-0.3, -0.25) is 9.89 Å². The van der Waals surface area contributed by atoms with Crippen molar-refractivity contribution in [2.75, 3.05) is 5.32 Å². The van der Waals surface area contributed by atoms with Crippen LogP contribution in [0.1, 0.15) is 46.5 Å². The fourth-order valence-electron chi connectivity index (χ4n) is 2.20. The minimum atomic E-state index is -1.47. The van der Waals surface area contributed by atoms with Crippen LogP contribution in [0.3, 0.4) is 0 Å². The summed E-state index contributed by atoms with van der Waals surface area (Å²) in [5.41, 5.74) is 0.201. The molecule has 0 aliphatic heterocycles. The molecule has 1 aromatic rings. The lowest BCUT2D eigenvalue weighted by molar-refractivity contribution is -0.125. The maximum atomic E-state index is 12.0. The highest BCUT2D eigenvalue weighted by atomic mass is 16.4. The van der Waals surface area contributed by atoms with Crippen molar-refractivity contribution in [3.63, 3.8) is 0 Å². The highest BCUT2D eigenvalue weighted by molar-refractivity contribution is 5.93. The van der Waals surface area contributed by atoms with Crippen molar-refractivity contribution in [1.82, 2.24) is 15.5 Å². The third kappa shape index (κ3) is 7.64. The standard InChI is InChI=1S/C15H26N4O4/c1-15(2,3)8-5-4-6-10(17-14(22)23)12(20)13(21)18-11-7-9-16-19-11/h7,9-10,12,17,20H,4-6,8H2,1-3H3,(H,22,23)(H2,16,18,19,21)/t10-,12+/m0/s1. The Morgan fingerprint density at radius 3 is 2.57 bits per heavy atom. The van der Waals surface area contributed by atoms with Gasteiger partial charge in [0.25, 0.3) is 5.91 Å². The van der Waals surface area contributed by atoms with E-state index in [0.29, 0.717) is 12.2 Å². The Morgan fingerprint density at radius 2 is 2.04 bits per heavy atom. The minimum Gasteiger partial charge on any atom is -0.465 e. The Labute approximate surface area is 135 Å². The largest absolute Gasteiger partial charge is 0.465 e. The molecule has 0 bridgehead atoms. The van der Waals surface area contributed by atoms with Crippen LogP contribution < -0.4 is 10.6 Å². The van der Waals surface area contributed by atoms with Crippen LogP contribution in [0.4, 0.5) is 10.6 Å². The fourth-order valence-corrected chi connectivity index (χ4v) is 2.20. The molecule has 0 fully saturated rings. The Balaban J connectivity index is 2.54. The van der Waals surface area contributed by atoms with Gasteiger partial charge in [0.15, 0.2) is 6.10 Å². The number of H-pyrrole nitrogens is 1. The van der Waals surface area contributed by atoms with Gasteiger partial charge >= 0.3 is 6.09 Å². The molecule has 2 amide bonds. The molecule has 2 atom stereocenters. The van der Waals surface area contributed by atoms with E-state index in [-0.39, 0.29) is 5.41 Å². The molecule has 0 saturated carbocycles. The molecule has 0 aliphatic rings. The number of carboxylic acid groups (broad SMARTS) is 1. The van der Waals surface area contributed by atoms with E-state index in [1.165, 1.54) is 12.3 Å². The SMILES string of the molecule is CC(C)(C)CCCC[C@H](NC(=O)O)[C@@H](O)C(=O)Nc1ccn[nH]1. The van der Waals surface area contributed by atoms with E-state index >= 15 is 0 Å². The van der Waals surface area contributed by atoms with E-state index in [0.717, 1.165) is 19.3 Å². The second-order valence-electron chi connectivity index (χ2n) is 6.77. The lowest BCUT2D eigenvalue weighted by Crippen LogP contribution is -2.48. The molecule has 0 unspecified atom stereocenters. The number of aliphatic hydroxyl groups is 1. The number of carbonyl (C=O) groups excluding carboxylic acids is 1. The molecule has 8 nitrogen and oxygen atoms in total. The summed E-state index contributed by atoms with van der Waals surface area (Å²) in [5.74, 6) is -0.334. The first-order valence-corrected chi connectivity index (χ1v) is 7.67. The van der Waals surface area contributed by atoms with Crippen LogP contribution in [0.25, 0.3) is 0 Å². The summed E-state index contributed by atoms with van der Waals surface area (Å²) in [7, 11) is 0. The smallest absolute Gasteiger partial charge is 0.404 e. The number of nitrogens with one attached hydrogen (secondary N) is 3. The molecule has 1 aromatic heterocycles. The number of carbonyl (C=O) groups is 2. The van der Waals surface area contributed by atoms with E-state index in [1.54, 1.807) is 0 Å². The molecule has 0 radical (unpaired) electrons. The lowest BCUT2D eigenvalue weighted by Gasteiger charge is -2.23. The van der Waals surface area contributed by atoms with Crippen molar-refractivity contribution in [3.05, 3.63) is 12.3 Å². The number of aromatic amines is 1. The average Bonchev–Trinajstić information content (AvgIpc) is 2.92. The number of hydrogen-bond acceptors (Lipinski definition) is 4. The first kappa shape index (κ1) is 19.0. The molecule has 0 aromatic carbocycles. The van der Waals surface area contributed by atoms with Crippen molar-refractivity contribution in [1.29, 1.82) is 0 Å². The van der Waals surface area contributed by atoms with Gasteiger partial charge in [-0.1, -0.05) is 33.6 Å². The maximum Gasteiger partial charge on any atom is 0.404 e. The van der Waals surface area contributed by atoms with E-state index in [1.807, 2.05) is 0 Å². The summed E-state index contributed by atoms with van der Waals surface area (Å²) in [5, 5.41) is 29.9. The second-order valence-corrected chi connectivity index (χ2v) is 6.77. The van der Waals surface area contributed by atoms with E-state index in [2.05, 4.69) is 41.6 Å². The molecule has 23 heavy (non-hydrogen) atoms. The third-order valence-electron chi connectivity index (χ3n) is 3.41. The molecule has 0 saturated heterocycles. The predicted octanol–water partition coefficient (Wildman–Crippen LogP) is 1.95. The Kier molecular flexibility index (Phi) is 7.02. The summed E-state index contributed by atoms with van der Waals surface area (Å²) in [6.07, 6.45) is 1.72. The van der Waals surface area contributed by atoms with Crippen molar-refractivity contribution < 1.29 is 19.8 Å². The van der Waals surface area contributed by atoms with Crippen LogP contribution >= 0.6 is 0 Å². The number of rotatable bonds is 8. The zero-order chi connectivity index (χ0) is 17.5. The van der Waals surface area contributed by atoms with Gasteiger partial charge in [-0.15, -0.1) is 0 Å². The van der Waals surface area contributed by atoms with Crippen molar-refractivity contribution >= 4 is 17.8 Å². The highest BCUT2D eigenvalue weighted by Crippen LogP contribution is 2.22. The average molecular weight is 326 g/mol. The van der Waals surface area contributed by atoms with Crippen LogP contribution in [-0.4, -0.2) is 44.6 Å². The number of aliphatic hydroxyl groups excluding tert-OH is 1. The first-order valence-electron chi connectivity index (χ1n) is 7.67. The lowest BCUT2D eigenvalue weighted by atomic mass is 9.89. The summed E-state index contributed by atoms with van der Waals surface area (Å²) >= 11 is 0. The zero-order valence-electron chi connectivity index (χ0n) is 13.8. The summed E-state index contributed by atoms with van der Waals surface area (Å²) in [6.45, 7) is 6.39. The topological polar surface area (TPSA) is 127 Å². The van der Waals surface area contributed by atoms with E-state index in [9.17, 15) is 14.7 Å². The highest BCUT2D eigenvalue weighted by Gasteiger charge is 2.27. The molecule has 1 rings (SSSR count). The maximum absolute atomic E-state index is 12.0. The third-order valence-corrected chi connectivity index (χ3v) is 3.41. The van der Waals surface area contributed by atoms with Gasteiger partial charge in [0, 0.05) is 6.07 Å². The van der Waals surface area contributed by atoms with E-state index in [4.69, 9.17) is 5.11 Å². The quantitative estimate of drug-likeness (QED) is 0.467. The Hall–Kier alpha value is -2.09. The van der Waals surface area contributed by atoms with Gasteiger partial charge in [0.2, 0.25) is 0 Å². The van der Waals surface area contributed by atoms with Gasteiger partial charge in [-0.25, -0.2) is 4.79 Å². The van der Waals surface area contributed by atoms with Crippen LogP contribution in [0.2, 0.25) is 0 Å². The van der Waals surface area contributed by atoms with Crippen LogP contribution in [-0.2, 0) is 4.79 Å². The van der Waals surface area contributed by atoms with Crippen molar-refractivity contribution in [2.24, 2.45) is 5.41 Å². The van der Waals surface area contributed by atoms with Gasteiger partial charge < -0.3 is 20.8 Å². The van der Waals surface area contributed by atoms with Crippen LogP contribution in [0, 0.1) is 5.41 Å².